The molecule has 1 atom stereocenters. The van der Waals surface area contributed by atoms with E-state index in [9.17, 15) is 13.6 Å². The van der Waals surface area contributed by atoms with Crippen LogP contribution in [0.5, 0.6) is 0 Å². The van der Waals surface area contributed by atoms with Crippen LogP contribution in [0.4, 0.5) is 20.4 Å². The van der Waals surface area contributed by atoms with Gasteiger partial charge in [-0.25, -0.2) is 27.9 Å². The zero-order valence-electron chi connectivity index (χ0n) is 17.5. The lowest BCUT2D eigenvalue weighted by atomic mass is 10.2. The Bertz CT molecular complexity index is 1320. The maximum Gasteiger partial charge on any atom is 0.268 e. The van der Waals surface area contributed by atoms with E-state index in [1.807, 2.05) is 6.92 Å². The second-order valence-corrected chi connectivity index (χ2v) is 7.99. The van der Waals surface area contributed by atoms with Gasteiger partial charge in [0.05, 0.1) is 17.6 Å². The molecule has 0 aliphatic heterocycles. The van der Waals surface area contributed by atoms with Crippen LogP contribution in [0.3, 0.4) is 0 Å². The molecule has 4 aromatic rings. The molecule has 1 amide bonds. The molecule has 0 spiro atoms. The van der Waals surface area contributed by atoms with E-state index in [2.05, 4.69) is 30.5 Å². The van der Waals surface area contributed by atoms with Crippen molar-refractivity contribution in [1.29, 1.82) is 0 Å². The molecule has 0 radical (unpaired) electrons. The van der Waals surface area contributed by atoms with E-state index in [0.29, 0.717) is 35.2 Å². The van der Waals surface area contributed by atoms with Gasteiger partial charge < -0.3 is 10.2 Å². The molecule has 4 aromatic heterocycles. The summed E-state index contributed by atoms with van der Waals surface area (Å²) >= 11 is 0. The van der Waals surface area contributed by atoms with Gasteiger partial charge >= 0.3 is 0 Å². The molecule has 10 nitrogen and oxygen atoms in total. The summed E-state index contributed by atoms with van der Waals surface area (Å²) < 4.78 is 31.5. The van der Waals surface area contributed by atoms with Crippen molar-refractivity contribution in [2.75, 3.05) is 17.3 Å². The smallest absolute Gasteiger partial charge is 0.268 e. The monoisotopic (exact) mass is 441 g/mol. The molecule has 32 heavy (non-hydrogen) atoms. The maximum atomic E-state index is 14.2. The Morgan fingerprint density at radius 3 is 2.91 bits per heavy atom. The molecule has 0 bridgehead atoms. The molecular formula is C20H21F2N9O. The molecule has 1 N–H and O–H groups in total. The SMILES string of the molecule is Cc1cc(NC(=O)Cn2ncc3cnc(N(C)C4CCCC4(F)F)nc32)cc2ncnn12. The van der Waals surface area contributed by atoms with Crippen molar-refractivity contribution in [3.8, 4) is 0 Å². The quantitative estimate of drug-likeness (QED) is 0.507. The standard InChI is InChI=1S/C20H21F2N9O/c1-12-6-14(7-16-24-11-26-31(12)16)27-17(32)10-30-18-13(9-25-30)8-23-19(28-18)29(2)15-4-3-5-20(15,21)22/h6-9,11,15H,3-5,10H2,1-2H3,(H,27,32). The van der Waals surface area contributed by atoms with Gasteiger partial charge in [-0.1, -0.05) is 0 Å². The molecule has 1 aliphatic carbocycles. The minimum absolute atomic E-state index is 0.0970. The maximum absolute atomic E-state index is 14.2. The van der Waals surface area contributed by atoms with E-state index in [1.165, 1.54) is 22.1 Å². The predicted octanol–water partition coefficient (Wildman–Crippen LogP) is 2.44. The molecular weight excluding hydrogens is 420 g/mol. The minimum atomic E-state index is -2.78. The Labute approximate surface area is 181 Å². The molecule has 5 rings (SSSR count). The van der Waals surface area contributed by atoms with E-state index in [0.717, 1.165) is 5.69 Å². The summed E-state index contributed by atoms with van der Waals surface area (Å²) in [6.07, 6.45) is 5.22. The molecule has 166 valence electrons. The molecule has 1 aliphatic rings. The number of nitrogens with one attached hydrogen (secondary N) is 1. The largest absolute Gasteiger partial charge is 0.335 e. The summed E-state index contributed by atoms with van der Waals surface area (Å²) in [5.41, 5.74) is 2.43. The van der Waals surface area contributed by atoms with E-state index in [-0.39, 0.29) is 24.8 Å². The number of carbonyl (C=O) groups excluding carboxylic acids is 1. The third kappa shape index (κ3) is 3.51. The van der Waals surface area contributed by atoms with Crippen LogP contribution < -0.4 is 10.2 Å². The van der Waals surface area contributed by atoms with Crippen LogP contribution in [0, 0.1) is 6.92 Å². The van der Waals surface area contributed by atoms with Crippen LogP contribution in [-0.2, 0) is 11.3 Å². The number of aryl methyl sites for hydroxylation is 1. The third-order valence-corrected chi connectivity index (χ3v) is 5.76. The van der Waals surface area contributed by atoms with Gasteiger partial charge in [-0.05, 0) is 25.8 Å². The van der Waals surface area contributed by atoms with Gasteiger partial charge in [0.1, 0.15) is 12.9 Å². The first kappa shape index (κ1) is 20.2. The number of hydrogen-bond donors (Lipinski definition) is 1. The van der Waals surface area contributed by atoms with Crippen LogP contribution >= 0.6 is 0 Å². The second kappa shape index (κ2) is 7.46. The minimum Gasteiger partial charge on any atom is -0.335 e. The highest BCUT2D eigenvalue weighted by atomic mass is 19.3. The first-order chi connectivity index (χ1) is 15.3. The molecule has 12 heteroatoms. The van der Waals surface area contributed by atoms with Crippen LogP contribution in [0.25, 0.3) is 16.7 Å². The number of nitrogens with zero attached hydrogens (tertiary/aromatic N) is 8. The van der Waals surface area contributed by atoms with Gasteiger partial charge in [0.25, 0.3) is 5.92 Å². The van der Waals surface area contributed by atoms with Gasteiger partial charge in [-0.3, -0.25) is 4.79 Å². The van der Waals surface area contributed by atoms with Crippen LogP contribution in [0.1, 0.15) is 25.0 Å². The number of carbonyl (C=O) groups is 1. The molecule has 4 heterocycles. The highest BCUT2D eigenvalue weighted by molar-refractivity contribution is 5.92. The second-order valence-electron chi connectivity index (χ2n) is 7.99. The van der Waals surface area contributed by atoms with E-state index < -0.39 is 12.0 Å². The van der Waals surface area contributed by atoms with Crippen LogP contribution in [0.2, 0.25) is 0 Å². The predicted molar refractivity (Wildman–Crippen MR) is 113 cm³/mol. The summed E-state index contributed by atoms with van der Waals surface area (Å²) in [5, 5.41) is 11.8. The number of anilines is 2. The molecule has 1 unspecified atom stereocenters. The van der Waals surface area contributed by atoms with Gasteiger partial charge in [-0.15, -0.1) is 0 Å². The van der Waals surface area contributed by atoms with E-state index in [1.54, 1.807) is 29.9 Å². The highest BCUT2D eigenvalue weighted by Crippen LogP contribution is 2.38. The van der Waals surface area contributed by atoms with Crippen molar-refractivity contribution in [2.24, 2.45) is 0 Å². The molecule has 1 saturated carbocycles. The van der Waals surface area contributed by atoms with Gasteiger partial charge in [0.15, 0.2) is 11.3 Å². The fourth-order valence-electron chi connectivity index (χ4n) is 4.16. The molecule has 0 aromatic carbocycles. The Kier molecular flexibility index (Phi) is 4.72. The number of alkyl halides is 2. The number of rotatable bonds is 5. The molecule has 0 saturated heterocycles. The Morgan fingerprint density at radius 2 is 2.12 bits per heavy atom. The number of fused-ring (bicyclic) bond motifs is 2. The fraction of sp³-hybridized carbons (Fsp3) is 0.400. The van der Waals surface area contributed by atoms with Gasteiger partial charge in [0, 0.05) is 37.1 Å². The average molecular weight is 441 g/mol. The van der Waals surface area contributed by atoms with Crippen molar-refractivity contribution in [3.63, 3.8) is 0 Å². The first-order valence-corrected chi connectivity index (χ1v) is 10.2. The lowest BCUT2D eigenvalue weighted by Gasteiger charge is -2.29. The van der Waals surface area contributed by atoms with Gasteiger partial charge in [-0.2, -0.15) is 15.2 Å². The lowest BCUT2D eigenvalue weighted by Crippen LogP contribution is -2.42. The Hall–Kier alpha value is -3.70. The highest BCUT2D eigenvalue weighted by Gasteiger charge is 2.46. The van der Waals surface area contributed by atoms with Crippen molar-refractivity contribution in [3.05, 3.63) is 36.5 Å². The number of hydrogen-bond acceptors (Lipinski definition) is 7. The van der Waals surface area contributed by atoms with E-state index >= 15 is 0 Å². The number of aromatic nitrogens is 7. The summed E-state index contributed by atoms with van der Waals surface area (Å²) in [6, 6.07) is 2.56. The lowest BCUT2D eigenvalue weighted by molar-refractivity contribution is -0.116. The van der Waals surface area contributed by atoms with Crippen molar-refractivity contribution in [2.45, 2.75) is 44.7 Å². The zero-order chi connectivity index (χ0) is 22.5. The zero-order valence-corrected chi connectivity index (χ0v) is 17.5. The summed E-state index contributed by atoms with van der Waals surface area (Å²) in [6.45, 7) is 1.77. The van der Waals surface area contributed by atoms with Crippen LogP contribution in [0.15, 0.2) is 30.9 Å². The number of amides is 1. The average Bonchev–Trinajstić information content (AvgIpc) is 3.46. The van der Waals surface area contributed by atoms with Gasteiger partial charge in [0.2, 0.25) is 11.9 Å². The van der Waals surface area contributed by atoms with Crippen molar-refractivity contribution in [1.82, 2.24) is 34.3 Å². The third-order valence-electron chi connectivity index (χ3n) is 5.76. The Morgan fingerprint density at radius 1 is 1.28 bits per heavy atom. The summed E-state index contributed by atoms with van der Waals surface area (Å²) in [4.78, 5) is 26.9. The summed E-state index contributed by atoms with van der Waals surface area (Å²) in [5.74, 6) is -2.91. The number of pyridine rings is 1. The number of halogens is 2. The summed E-state index contributed by atoms with van der Waals surface area (Å²) in [7, 11) is 1.57. The van der Waals surface area contributed by atoms with Crippen LogP contribution in [-0.4, -0.2) is 59.3 Å². The molecule has 1 fully saturated rings. The fourth-order valence-corrected chi connectivity index (χ4v) is 4.16. The first-order valence-electron chi connectivity index (χ1n) is 10.2. The topological polar surface area (TPSA) is 106 Å². The van der Waals surface area contributed by atoms with E-state index in [4.69, 9.17) is 0 Å². The van der Waals surface area contributed by atoms with Crippen molar-refractivity contribution >= 4 is 34.2 Å². The Balaban J connectivity index is 1.37. The van der Waals surface area contributed by atoms with Crippen molar-refractivity contribution < 1.29 is 13.6 Å². The normalized spacial score (nSPS) is 17.8.